The number of benzene rings is 1. The molecule has 3 nitrogen and oxygen atoms in total. The molecule has 5 heteroatoms. The summed E-state index contributed by atoms with van der Waals surface area (Å²) in [5.74, 6) is -0.942. The summed E-state index contributed by atoms with van der Waals surface area (Å²) < 4.78 is 28.8. The number of nitrogens with two attached hydrogens (primary N) is 1. The summed E-state index contributed by atoms with van der Waals surface area (Å²) in [5, 5.41) is 0. The van der Waals surface area contributed by atoms with Crippen LogP contribution in [0.1, 0.15) is 25.3 Å². The Morgan fingerprint density at radius 3 is 2.48 bits per heavy atom. The Morgan fingerprint density at radius 2 is 1.90 bits per heavy atom. The summed E-state index contributed by atoms with van der Waals surface area (Å²) in [6.07, 6.45) is 2.28. The average molecular weight is 297 g/mol. The molecule has 1 aliphatic heterocycles. The number of anilines is 1. The number of hydrogen-bond donors (Lipinski definition) is 1. The summed E-state index contributed by atoms with van der Waals surface area (Å²) in [6.45, 7) is 4.94. The van der Waals surface area contributed by atoms with E-state index >= 15 is 0 Å². The Balaban J connectivity index is 2.34. The molecule has 1 heterocycles. The van der Waals surface area contributed by atoms with Crippen LogP contribution in [-0.2, 0) is 6.42 Å². The molecule has 0 bridgehead atoms. The lowest BCUT2D eigenvalue weighted by Crippen LogP contribution is -2.40. The van der Waals surface area contributed by atoms with Crippen molar-refractivity contribution in [1.29, 1.82) is 0 Å². The van der Waals surface area contributed by atoms with Crippen molar-refractivity contribution in [2.45, 2.75) is 32.2 Å². The number of likely N-dealkylation sites (N-methyl/N-ethyl adjacent to an activating group) is 1. The van der Waals surface area contributed by atoms with Crippen LogP contribution < -0.4 is 10.6 Å². The van der Waals surface area contributed by atoms with Gasteiger partial charge in [-0.1, -0.05) is 6.92 Å². The van der Waals surface area contributed by atoms with Crippen molar-refractivity contribution in [3.63, 3.8) is 0 Å². The highest BCUT2D eigenvalue weighted by Gasteiger charge is 2.27. The normalized spacial score (nSPS) is 20.6. The third kappa shape index (κ3) is 3.71. The highest BCUT2D eigenvalue weighted by molar-refractivity contribution is 5.52. The van der Waals surface area contributed by atoms with Crippen LogP contribution in [0.2, 0.25) is 0 Å². The van der Waals surface area contributed by atoms with Gasteiger partial charge in [-0.3, -0.25) is 0 Å². The molecule has 21 heavy (non-hydrogen) atoms. The Kier molecular flexibility index (Phi) is 5.53. The average Bonchev–Trinajstić information content (AvgIpc) is 2.60. The second-order valence-corrected chi connectivity index (χ2v) is 5.82. The molecule has 0 saturated carbocycles. The highest BCUT2D eigenvalue weighted by atomic mass is 19.1. The lowest BCUT2D eigenvalue weighted by atomic mass is 10.1. The Labute approximate surface area is 125 Å². The van der Waals surface area contributed by atoms with Gasteiger partial charge in [-0.2, -0.15) is 0 Å². The SMILES string of the molecule is CCC1CN(C)CCCN1c1c(F)cc(CCN)cc1F. The molecule has 1 aliphatic rings. The summed E-state index contributed by atoms with van der Waals surface area (Å²) in [6, 6.07) is 2.99. The van der Waals surface area contributed by atoms with Gasteiger partial charge in [0.05, 0.1) is 0 Å². The predicted molar refractivity (Wildman–Crippen MR) is 82.7 cm³/mol. The molecule has 0 radical (unpaired) electrons. The second-order valence-electron chi connectivity index (χ2n) is 5.82. The first-order chi connectivity index (χ1) is 10.1. The van der Waals surface area contributed by atoms with Gasteiger partial charge in [0.1, 0.15) is 17.3 Å². The minimum Gasteiger partial charge on any atom is -0.362 e. The monoisotopic (exact) mass is 297 g/mol. The van der Waals surface area contributed by atoms with Crippen LogP contribution in [0, 0.1) is 11.6 Å². The van der Waals surface area contributed by atoms with Crippen LogP contribution in [-0.4, -0.2) is 44.2 Å². The van der Waals surface area contributed by atoms with Crippen LogP contribution >= 0.6 is 0 Å². The van der Waals surface area contributed by atoms with E-state index in [0.717, 1.165) is 25.9 Å². The maximum atomic E-state index is 14.4. The zero-order valence-electron chi connectivity index (χ0n) is 12.9. The van der Waals surface area contributed by atoms with E-state index in [2.05, 4.69) is 18.9 Å². The van der Waals surface area contributed by atoms with Gasteiger partial charge in [0.25, 0.3) is 0 Å². The Hall–Kier alpha value is -1.20. The smallest absolute Gasteiger partial charge is 0.149 e. The van der Waals surface area contributed by atoms with E-state index in [4.69, 9.17) is 5.73 Å². The van der Waals surface area contributed by atoms with E-state index in [1.165, 1.54) is 12.1 Å². The molecule has 0 amide bonds. The van der Waals surface area contributed by atoms with Crippen molar-refractivity contribution in [1.82, 2.24) is 4.90 Å². The quantitative estimate of drug-likeness (QED) is 0.926. The van der Waals surface area contributed by atoms with E-state index in [9.17, 15) is 8.78 Å². The summed E-state index contributed by atoms with van der Waals surface area (Å²) in [7, 11) is 2.06. The third-order valence-electron chi connectivity index (χ3n) is 4.17. The molecule has 1 aromatic rings. The fourth-order valence-electron chi connectivity index (χ4n) is 3.09. The molecule has 2 rings (SSSR count). The van der Waals surface area contributed by atoms with Gasteiger partial charge in [0, 0.05) is 19.1 Å². The Morgan fingerprint density at radius 1 is 1.24 bits per heavy atom. The van der Waals surface area contributed by atoms with Gasteiger partial charge in [-0.25, -0.2) is 8.78 Å². The molecular weight excluding hydrogens is 272 g/mol. The predicted octanol–water partition coefficient (Wildman–Crippen LogP) is 2.39. The van der Waals surface area contributed by atoms with Crippen molar-refractivity contribution in [2.75, 3.05) is 38.1 Å². The Bertz CT molecular complexity index is 456. The minimum atomic E-state index is -0.471. The van der Waals surface area contributed by atoms with E-state index in [0.29, 0.717) is 25.1 Å². The summed E-state index contributed by atoms with van der Waals surface area (Å²) in [4.78, 5) is 4.13. The number of nitrogens with zero attached hydrogens (tertiary/aromatic N) is 2. The van der Waals surface area contributed by atoms with Gasteiger partial charge >= 0.3 is 0 Å². The van der Waals surface area contributed by atoms with Gasteiger partial charge < -0.3 is 15.5 Å². The van der Waals surface area contributed by atoms with Crippen LogP contribution in [0.4, 0.5) is 14.5 Å². The van der Waals surface area contributed by atoms with Crippen LogP contribution in [0.15, 0.2) is 12.1 Å². The van der Waals surface area contributed by atoms with Gasteiger partial charge in [-0.05, 0) is 57.1 Å². The number of halogens is 2. The zero-order chi connectivity index (χ0) is 15.4. The highest BCUT2D eigenvalue weighted by Crippen LogP contribution is 2.29. The maximum Gasteiger partial charge on any atom is 0.149 e. The van der Waals surface area contributed by atoms with Crippen molar-refractivity contribution < 1.29 is 8.78 Å². The fourth-order valence-corrected chi connectivity index (χ4v) is 3.09. The summed E-state index contributed by atoms with van der Waals surface area (Å²) in [5.41, 5.74) is 6.20. The second kappa shape index (κ2) is 7.18. The van der Waals surface area contributed by atoms with Gasteiger partial charge in [-0.15, -0.1) is 0 Å². The van der Waals surface area contributed by atoms with E-state index in [1.807, 2.05) is 4.90 Å². The van der Waals surface area contributed by atoms with Crippen LogP contribution in [0.3, 0.4) is 0 Å². The van der Waals surface area contributed by atoms with Gasteiger partial charge in [0.15, 0.2) is 0 Å². The summed E-state index contributed by atoms with van der Waals surface area (Å²) >= 11 is 0. The molecule has 1 fully saturated rings. The first-order valence-corrected chi connectivity index (χ1v) is 7.70. The minimum absolute atomic E-state index is 0.123. The molecule has 0 spiro atoms. The fraction of sp³-hybridized carbons (Fsp3) is 0.625. The van der Waals surface area contributed by atoms with Crippen molar-refractivity contribution in [3.05, 3.63) is 29.3 Å². The number of rotatable bonds is 4. The topological polar surface area (TPSA) is 32.5 Å². The third-order valence-corrected chi connectivity index (χ3v) is 4.17. The van der Waals surface area contributed by atoms with Crippen molar-refractivity contribution >= 4 is 5.69 Å². The lowest BCUT2D eigenvalue weighted by molar-refractivity contribution is 0.327. The molecular formula is C16H25F2N3. The van der Waals surface area contributed by atoms with Crippen LogP contribution in [0.25, 0.3) is 0 Å². The van der Waals surface area contributed by atoms with Crippen molar-refractivity contribution in [3.8, 4) is 0 Å². The number of hydrogen-bond acceptors (Lipinski definition) is 3. The maximum absolute atomic E-state index is 14.4. The molecule has 1 unspecified atom stereocenters. The molecule has 0 aliphatic carbocycles. The van der Waals surface area contributed by atoms with Crippen molar-refractivity contribution in [2.24, 2.45) is 5.73 Å². The molecule has 1 aromatic carbocycles. The van der Waals surface area contributed by atoms with Gasteiger partial charge in [0.2, 0.25) is 0 Å². The molecule has 2 N–H and O–H groups in total. The molecule has 1 atom stereocenters. The molecule has 118 valence electrons. The van der Waals surface area contributed by atoms with E-state index < -0.39 is 11.6 Å². The largest absolute Gasteiger partial charge is 0.362 e. The first-order valence-electron chi connectivity index (χ1n) is 7.70. The standard InChI is InChI=1S/C16H25F2N3/c1-3-13-11-20(2)7-4-8-21(13)16-14(17)9-12(5-6-19)10-15(16)18/h9-10,13H,3-8,11,19H2,1-2H3. The molecule has 1 saturated heterocycles. The lowest BCUT2D eigenvalue weighted by Gasteiger charge is -2.32. The van der Waals surface area contributed by atoms with E-state index in [-0.39, 0.29) is 11.7 Å². The molecule has 0 aromatic heterocycles. The first kappa shape index (κ1) is 16.2. The zero-order valence-corrected chi connectivity index (χ0v) is 12.9. The van der Waals surface area contributed by atoms with E-state index in [1.54, 1.807) is 0 Å². The van der Waals surface area contributed by atoms with Crippen LogP contribution in [0.5, 0.6) is 0 Å².